The van der Waals surface area contributed by atoms with E-state index in [1.54, 1.807) is 6.07 Å². The molecule has 0 saturated heterocycles. The summed E-state index contributed by atoms with van der Waals surface area (Å²) >= 11 is 0. The van der Waals surface area contributed by atoms with Crippen LogP contribution in [0.25, 0.3) is 0 Å². The monoisotopic (exact) mass is 278 g/mol. The highest BCUT2D eigenvalue weighted by Gasteiger charge is 2.23. The largest absolute Gasteiger partial charge is 0.388 e. The highest BCUT2D eigenvalue weighted by atomic mass is 16.3. The number of benzene rings is 1. The molecule has 0 radical (unpaired) electrons. The number of hydrogen-bond donors (Lipinski definition) is 3. The smallest absolute Gasteiger partial charge is 0.253 e. The van der Waals surface area contributed by atoms with Crippen LogP contribution in [0, 0.1) is 0 Å². The van der Waals surface area contributed by atoms with E-state index in [1.807, 2.05) is 45.9 Å². The van der Waals surface area contributed by atoms with Crippen LogP contribution in [0.4, 0.5) is 5.69 Å². The summed E-state index contributed by atoms with van der Waals surface area (Å²) in [6.07, 6.45) is 1.24. The topological polar surface area (TPSA) is 61.4 Å². The van der Waals surface area contributed by atoms with Gasteiger partial charge in [0.05, 0.1) is 11.2 Å². The van der Waals surface area contributed by atoms with E-state index in [0.717, 1.165) is 5.69 Å². The first-order valence-corrected chi connectivity index (χ1v) is 7.28. The summed E-state index contributed by atoms with van der Waals surface area (Å²) in [4.78, 5) is 12.3. The van der Waals surface area contributed by atoms with Gasteiger partial charge in [0.2, 0.25) is 0 Å². The van der Waals surface area contributed by atoms with Crippen LogP contribution in [-0.4, -0.2) is 29.2 Å². The third kappa shape index (κ3) is 4.53. The molecule has 4 nitrogen and oxygen atoms in total. The van der Waals surface area contributed by atoms with Crippen molar-refractivity contribution >= 4 is 11.6 Å². The van der Waals surface area contributed by atoms with Crippen molar-refractivity contribution in [3.8, 4) is 0 Å². The zero-order valence-corrected chi connectivity index (χ0v) is 12.9. The lowest BCUT2D eigenvalue weighted by atomic mass is 9.97. The Hall–Kier alpha value is -1.55. The Labute approximate surface area is 121 Å². The third-order valence-corrected chi connectivity index (χ3v) is 3.51. The second-order valence-electron chi connectivity index (χ2n) is 5.46. The molecule has 1 aromatic carbocycles. The fourth-order valence-corrected chi connectivity index (χ4v) is 1.96. The van der Waals surface area contributed by atoms with Crippen LogP contribution >= 0.6 is 0 Å². The normalized spacial score (nSPS) is 11.5. The molecule has 0 aromatic heterocycles. The Balaban J connectivity index is 2.77. The van der Waals surface area contributed by atoms with Crippen molar-refractivity contribution < 1.29 is 9.90 Å². The van der Waals surface area contributed by atoms with Crippen LogP contribution in [0.5, 0.6) is 0 Å². The lowest BCUT2D eigenvalue weighted by molar-refractivity contribution is 0.0314. The zero-order chi connectivity index (χ0) is 15.2. The molecule has 0 unspecified atom stereocenters. The number of aliphatic hydroxyl groups is 1. The number of carbonyl (C=O) groups excluding carboxylic acids is 1. The molecule has 0 fully saturated rings. The first kappa shape index (κ1) is 16.5. The molecule has 1 aromatic rings. The molecule has 20 heavy (non-hydrogen) atoms. The van der Waals surface area contributed by atoms with E-state index >= 15 is 0 Å². The average molecular weight is 278 g/mol. The first-order valence-electron chi connectivity index (χ1n) is 7.28. The average Bonchev–Trinajstić information content (AvgIpc) is 2.44. The van der Waals surface area contributed by atoms with E-state index in [1.165, 1.54) is 0 Å². The summed E-state index contributed by atoms with van der Waals surface area (Å²) in [5.74, 6) is -0.158. The van der Waals surface area contributed by atoms with Gasteiger partial charge in [0.15, 0.2) is 0 Å². The van der Waals surface area contributed by atoms with E-state index in [0.29, 0.717) is 18.4 Å². The summed E-state index contributed by atoms with van der Waals surface area (Å²) in [6.45, 7) is 8.17. The van der Waals surface area contributed by atoms with E-state index < -0.39 is 5.60 Å². The van der Waals surface area contributed by atoms with Gasteiger partial charge in [0.25, 0.3) is 5.91 Å². The third-order valence-electron chi connectivity index (χ3n) is 3.51. The van der Waals surface area contributed by atoms with Gasteiger partial charge < -0.3 is 15.7 Å². The molecule has 112 valence electrons. The Bertz CT molecular complexity index is 440. The standard InChI is InChI=1S/C16H26N2O2/c1-5-16(20,6-2)11-17-15(19)13-9-7-8-10-14(13)18-12(3)4/h7-10,12,18,20H,5-6,11H2,1-4H3,(H,17,19). The summed E-state index contributed by atoms with van der Waals surface area (Å²) in [5, 5.41) is 16.3. The van der Waals surface area contributed by atoms with Crippen LogP contribution in [0.3, 0.4) is 0 Å². The van der Waals surface area contributed by atoms with Crippen LogP contribution in [0.15, 0.2) is 24.3 Å². The molecule has 0 saturated carbocycles. The minimum atomic E-state index is -0.823. The summed E-state index contributed by atoms with van der Waals surface area (Å²) in [6, 6.07) is 7.67. The van der Waals surface area contributed by atoms with Gasteiger partial charge in [-0.25, -0.2) is 0 Å². The van der Waals surface area contributed by atoms with E-state index in [9.17, 15) is 9.90 Å². The van der Waals surface area contributed by atoms with Gasteiger partial charge in [0.1, 0.15) is 0 Å². The van der Waals surface area contributed by atoms with Gasteiger partial charge in [0, 0.05) is 18.3 Å². The molecular weight excluding hydrogens is 252 g/mol. The van der Waals surface area contributed by atoms with Crippen LogP contribution in [0.2, 0.25) is 0 Å². The number of amides is 1. The molecule has 0 aliphatic carbocycles. The number of carbonyl (C=O) groups is 1. The van der Waals surface area contributed by atoms with Crippen molar-refractivity contribution in [2.24, 2.45) is 0 Å². The number of para-hydroxylation sites is 1. The minimum absolute atomic E-state index is 0.158. The van der Waals surface area contributed by atoms with Gasteiger partial charge in [-0.1, -0.05) is 26.0 Å². The highest BCUT2D eigenvalue weighted by molar-refractivity contribution is 5.99. The summed E-state index contributed by atoms with van der Waals surface area (Å²) in [5.41, 5.74) is 0.600. The molecule has 0 spiro atoms. The molecule has 1 amide bonds. The fourth-order valence-electron chi connectivity index (χ4n) is 1.96. The number of anilines is 1. The Morgan fingerprint density at radius 1 is 1.25 bits per heavy atom. The van der Waals surface area contributed by atoms with Crippen LogP contribution in [-0.2, 0) is 0 Å². The van der Waals surface area contributed by atoms with Crippen molar-refractivity contribution in [2.75, 3.05) is 11.9 Å². The van der Waals surface area contributed by atoms with Gasteiger partial charge in [-0.15, -0.1) is 0 Å². The number of hydrogen-bond acceptors (Lipinski definition) is 3. The maximum atomic E-state index is 12.3. The quantitative estimate of drug-likeness (QED) is 0.718. The van der Waals surface area contributed by atoms with Crippen molar-refractivity contribution in [1.29, 1.82) is 0 Å². The van der Waals surface area contributed by atoms with Gasteiger partial charge in [-0.2, -0.15) is 0 Å². The molecule has 0 bridgehead atoms. The molecule has 3 N–H and O–H groups in total. The highest BCUT2D eigenvalue weighted by Crippen LogP contribution is 2.17. The summed E-state index contributed by atoms with van der Waals surface area (Å²) < 4.78 is 0. The number of rotatable bonds is 7. The minimum Gasteiger partial charge on any atom is -0.388 e. The molecule has 0 atom stereocenters. The first-order chi connectivity index (χ1) is 9.41. The van der Waals surface area contributed by atoms with E-state index in [2.05, 4.69) is 10.6 Å². The number of nitrogens with one attached hydrogen (secondary N) is 2. The predicted octanol–water partition coefficient (Wildman–Crippen LogP) is 2.79. The molecule has 4 heteroatoms. The zero-order valence-electron chi connectivity index (χ0n) is 12.9. The molecule has 1 rings (SSSR count). The van der Waals surface area contributed by atoms with E-state index in [4.69, 9.17) is 0 Å². The van der Waals surface area contributed by atoms with Gasteiger partial charge in [-0.3, -0.25) is 4.79 Å². The maximum Gasteiger partial charge on any atom is 0.253 e. The van der Waals surface area contributed by atoms with Gasteiger partial charge in [-0.05, 0) is 38.8 Å². The van der Waals surface area contributed by atoms with Crippen LogP contribution < -0.4 is 10.6 Å². The second-order valence-corrected chi connectivity index (χ2v) is 5.46. The lowest BCUT2D eigenvalue weighted by Crippen LogP contribution is -2.42. The summed E-state index contributed by atoms with van der Waals surface area (Å²) in [7, 11) is 0. The van der Waals surface area contributed by atoms with Gasteiger partial charge >= 0.3 is 0 Å². The predicted molar refractivity (Wildman–Crippen MR) is 83.1 cm³/mol. The maximum absolute atomic E-state index is 12.3. The Kier molecular flexibility index (Phi) is 6.02. The van der Waals surface area contributed by atoms with Crippen LogP contribution in [0.1, 0.15) is 50.9 Å². The Morgan fingerprint density at radius 3 is 2.40 bits per heavy atom. The molecular formula is C16H26N2O2. The van der Waals surface area contributed by atoms with E-state index in [-0.39, 0.29) is 18.5 Å². The molecule has 0 aliphatic rings. The lowest BCUT2D eigenvalue weighted by Gasteiger charge is -2.25. The van der Waals surface area contributed by atoms with Crippen molar-refractivity contribution in [3.05, 3.63) is 29.8 Å². The Morgan fingerprint density at radius 2 is 1.85 bits per heavy atom. The fraction of sp³-hybridized carbons (Fsp3) is 0.562. The second kappa shape index (κ2) is 7.29. The van der Waals surface area contributed by atoms with Crippen molar-refractivity contribution in [3.63, 3.8) is 0 Å². The van der Waals surface area contributed by atoms with Crippen molar-refractivity contribution in [2.45, 2.75) is 52.2 Å². The van der Waals surface area contributed by atoms with Crippen molar-refractivity contribution in [1.82, 2.24) is 5.32 Å². The molecule has 0 heterocycles. The molecule has 0 aliphatic heterocycles. The SMILES string of the molecule is CCC(O)(CC)CNC(=O)c1ccccc1NC(C)C.